The van der Waals surface area contributed by atoms with E-state index in [9.17, 15) is 4.39 Å². The van der Waals surface area contributed by atoms with Crippen LogP contribution < -0.4 is 10.2 Å². The average molecular weight is 226 g/mol. The molecule has 0 saturated heterocycles. The van der Waals surface area contributed by atoms with E-state index in [4.69, 9.17) is 5.11 Å². The minimum Gasteiger partial charge on any atom is -0.395 e. The second-order valence-corrected chi connectivity index (χ2v) is 3.83. The lowest BCUT2D eigenvalue weighted by Crippen LogP contribution is -2.33. The molecule has 0 fully saturated rings. The van der Waals surface area contributed by atoms with Crippen LogP contribution in [-0.4, -0.2) is 38.4 Å². The Morgan fingerprint density at radius 1 is 1.44 bits per heavy atom. The van der Waals surface area contributed by atoms with Gasteiger partial charge in [0.05, 0.1) is 12.3 Å². The van der Waals surface area contributed by atoms with Gasteiger partial charge in [-0.15, -0.1) is 0 Å². The Bertz CT molecular complexity index is 316. The number of likely N-dealkylation sites (N-methyl/N-ethyl adjacent to an activating group) is 1. The first-order chi connectivity index (χ1) is 7.69. The van der Waals surface area contributed by atoms with Gasteiger partial charge in [0, 0.05) is 19.6 Å². The molecule has 2 N–H and O–H groups in total. The molecule has 1 rings (SSSR count). The molecule has 1 aromatic rings. The lowest BCUT2D eigenvalue weighted by atomic mass is 10.2. The maximum atomic E-state index is 13.4. The van der Waals surface area contributed by atoms with Gasteiger partial charge in [-0.25, -0.2) is 4.39 Å². The second kappa shape index (κ2) is 6.45. The number of aliphatic hydroxyl groups is 1. The van der Waals surface area contributed by atoms with Crippen molar-refractivity contribution in [2.24, 2.45) is 0 Å². The Labute approximate surface area is 95.9 Å². The molecule has 16 heavy (non-hydrogen) atoms. The standard InChI is InChI=1S/C12H19FN2O/c1-14-10(9-16)7-8-15(2)12-6-4-3-5-11(12)13/h3-6,10,14,16H,7-9H2,1-2H3. The molecule has 0 aromatic heterocycles. The lowest BCUT2D eigenvalue weighted by Gasteiger charge is -2.22. The largest absolute Gasteiger partial charge is 0.395 e. The minimum atomic E-state index is -0.213. The van der Waals surface area contributed by atoms with Crippen molar-refractivity contribution in [2.45, 2.75) is 12.5 Å². The van der Waals surface area contributed by atoms with E-state index in [2.05, 4.69) is 5.32 Å². The first-order valence-electron chi connectivity index (χ1n) is 5.42. The van der Waals surface area contributed by atoms with E-state index in [0.29, 0.717) is 12.2 Å². The van der Waals surface area contributed by atoms with E-state index in [-0.39, 0.29) is 18.5 Å². The van der Waals surface area contributed by atoms with Crippen LogP contribution in [0.3, 0.4) is 0 Å². The summed E-state index contributed by atoms with van der Waals surface area (Å²) in [4.78, 5) is 1.86. The number of rotatable bonds is 6. The Morgan fingerprint density at radius 2 is 2.12 bits per heavy atom. The highest BCUT2D eigenvalue weighted by molar-refractivity contribution is 5.46. The molecule has 0 radical (unpaired) electrons. The summed E-state index contributed by atoms with van der Waals surface area (Å²) in [6.45, 7) is 0.800. The average Bonchev–Trinajstić information content (AvgIpc) is 2.30. The van der Waals surface area contributed by atoms with Gasteiger partial charge in [-0.2, -0.15) is 0 Å². The highest BCUT2D eigenvalue weighted by atomic mass is 19.1. The zero-order chi connectivity index (χ0) is 12.0. The van der Waals surface area contributed by atoms with E-state index >= 15 is 0 Å². The van der Waals surface area contributed by atoms with Crippen LogP contribution >= 0.6 is 0 Å². The third-order valence-electron chi connectivity index (χ3n) is 2.71. The number of anilines is 1. The molecule has 90 valence electrons. The SMILES string of the molecule is CNC(CO)CCN(C)c1ccccc1F. The van der Waals surface area contributed by atoms with Crippen molar-refractivity contribution in [1.82, 2.24) is 5.32 Å². The van der Waals surface area contributed by atoms with Crippen LogP contribution in [0.1, 0.15) is 6.42 Å². The van der Waals surface area contributed by atoms with Gasteiger partial charge in [0.1, 0.15) is 5.82 Å². The van der Waals surface area contributed by atoms with Crippen molar-refractivity contribution >= 4 is 5.69 Å². The first kappa shape index (κ1) is 12.9. The third-order valence-corrected chi connectivity index (χ3v) is 2.71. The van der Waals surface area contributed by atoms with Gasteiger partial charge in [-0.3, -0.25) is 0 Å². The number of hydrogen-bond donors (Lipinski definition) is 2. The molecular formula is C12H19FN2O. The van der Waals surface area contributed by atoms with Gasteiger partial charge in [0.2, 0.25) is 0 Å². The van der Waals surface area contributed by atoms with Crippen LogP contribution in [0, 0.1) is 5.82 Å². The third kappa shape index (κ3) is 3.47. The van der Waals surface area contributed by atoms with Crippen molar-refractivity contribution in [3.63, 3.8) is 0 Å². The number of nitrogens with one attached hydrogen (secondary N) is 1. The summed E-state index contributed by atoms with van der Waals surface area (Å²) in [5.74, 6) is -0.213. The molecule has 0 saturated carbocycles. The van der Waals surface area contributed by atoms with Crippen LogP contribution in [0.15, 0.2) is 24.3 Å². The van der Waals surface area contributed by atoms with Crippen LogP contribution in [0.25, 0.3) is 0 Å². The van der Waals surface area contributed by atoms with Crippen molar-refractivity contribution in [3.8, 4) is 0 Å². The maximum Gasteiger partial charge on any atom is 0.146 e. The van der Waals surface area contributed by atoms with E-state index in [1.54, 1.807) is 12.1 Å². The Hall–Kier alpha value is -1.13. The fraction of sp³-hybridized carbons (Fsp3) is 0.500. The molecule has 0 amide bonds. The summed E-state index contributed by atoms with van der Waals surface area (Å²) in [5, 5.41) is 12.0. The van der Waals surface area contributed by atoms with Gasteiger partial charge in [-0.05, 0) is 25.6 Å². The van der Waals surface area contributed by atoms with E-state index in [1.165, 1.54) is 6.07 Å². The molecule has 1 aromatic carbocycles. The van der Waals surface area contributed by atoms with Crippen LogP contribution in [-0.2, 0) is 0 Å². The van der Waals surface area contributed by atoms with E-state index in [0.717, 1.165) is 6.42 Å². The first-order valence-corrected chi connectivity index (χ1v) is 5.42. The molecular weight excluding hydrogens is 207 g/mol. The number of halogens is 1. The fourth-order valence-corrected chi connectivity index (χ4v) is 1.56. The maximum absolute atomic E-state index is 13.4. The van der Waals surface area contributed by atoms with Crippen molar-refractivity contribution in [2.75, 3.05) is 32.1 Å². The zero-order valence-corrected chi connectivity index (χ0v) is 9.78. The fourth-order valence-electron chi connectivity index (χ4n) is 1.56. The summed E-state index contributed by atoms with van der Waals surface area (Å²) in [6, 6.07) is 6.76. The molecule has 4 heteroatoms. The van der Waals surface area contributed by atoms with Crippen molar-refractivity contribution < 1.29 is 9.50 Å². The zero-order valence-electron chi connectivity index (χ0n) is 9.78. The molecule has 1 unspecified atom stereocenters. The number of para-hydroxylation sites is 1. The quantitative estimate of drug-likeness (QED) is 0.766. The molecule has 0 aliphatic carbocycles. The molecule has 0 aliphatic rings. The van der Waals surface area contributed by atoms with Crippen LogP contribution in [0.2, 0.25) is 0 Å². The summed E-state index contributed by atoms with van der Waals surface area (Å²) in [6.07, 6.45) is 0.776. The predicted octanol–water partition coefficient (Wildman–Crippen LogP) is 1.23. The Morgan fingerprint density at radius 3 is 2.69 bits per heavy atom. The summed E-state index contributed by atoms with van der Waals surface area (Å²) >= 11 is 0. The summed E-state index contributed by atoms with van der Waals surface area (Å²) < 4.78 is 13.4. The monoisotopic (exact) mass is 226 g/mol. The highest BCUT2D eigenvalue weighted by Gasteiger charge is 2.09. The van der Waals surface area contributed by atoms with Gasteiger partial charge in [0.25, 0.3) is 0 Å². The molecule has 3 nitrogen and oxygen atoms in total. The molecule has 0 aliphatic heterocycles. The Kier molecular flexibility index (Phi) is 5.22. The smallest absolute Gasteiger partial charge is 0.146 e. The second-order valence-electron chi connectivity index (χ2n) is 3.83. The number of benzene rings is 1. The molecule has 0 bridgehead atoms. The minimum absolute atomic E-state index is 0.0641. The van der Waals surface area contributed by atoms with E-state index in [1.807, 2.05) is 25.1 Å². The Balaban J connectivity index is 2.52. The topological polar surface area (TPSA) is 35.5 Å². The highest BCUT2D eigenvalue weighted by Crippen LogP contribution is 2.17. The number of nitrogens with zero attached hydrogens (tertiary/aromatic N) is 1. The van der Waals surface area contributed by atoms with Crippen molar-refractivity contribution in [3.05, 3.63) is 30.1 Å². The molecule has 0 heterocycles. The van der Waals surface area contributed by atoms with Gasteiger partial charge in [0.15, 0.2) is 0 Å². The van der Waals surface area contributed by atoms with Crippen LogP contribution in [0.4, 0.5) is 10.1 Å². The molecule has 0 spiro atoms. The number of hydrogen-bond acceptors (Lipinski definition) is 3. The van der Waals surface area contributed by atoms with Gasteiger partial charge < -0.3 is 15.3 Å². The normalized spacial score (nSPS) is 12.5. The van der Waals surface area contributed by atoms with Gasteiger partial charge in [-0.1, -0.05) is 12.1 Å². The molecule has 1 atom stereocenters. The summed E-state index contributed by atoms with van der Waals surface area (Å²) in [5.41, 5.74) is 0.593. The van der Waals surface area contributed by atoms with Crippen LogP contribution in [0.5, 0.6) is 0 Å². The number of aliphatic hydroxyl groups excluding tert-OH is 1. The summed E-state index contributed by atoms with van der Waals surface area (Å²) in [7, 11) is 3.66. The van der Waals surface area contributed by atoms with E-state index < -0.39 is 0 Å². The predicted molar refractivity (Wildman–Crippen MR) is 64.2 cm³/mol. The van der Waals surface area contributed by atoms with Crippen molar-refractivity contribution in [1.29, 1.82) is 0 Å². The lowest BCUT2D eigenvalue weighted by molar-refractivity contribution is 0.243. The van der Waals surface area contributed by atoms with Gasteiger partial charge >= 0.3 is 0 Å².